The number of carbonyl (C=O) groups is 2. The summed E-state index contributed by atoms with van der Waals surface area (Å²) in [6.45, 7) is 1.25. The second-order valence-corrected chi connectivity index (χ2v) is 2.40. The zero-order chi connectivity index (χ0) is 10.3. The van der Waals surface area contributed by atoms with Crippen molar-refractivity contribution in [1.82, 2.24) is 5.32 Å². The summed E-state index contributed by atoms with van der Waals surface area (Å²) < 4.78 is 4.42. The highest BCUT2D eigenvalue weighted by Crippen LogP contribution is 1.95. The van der Waals surface area contributed by atoms with Crippen LogP contribution in [0.2, 0.25) is 0 Å². The molecule has 1 amide bonds. The van der Waals surface area contributed by atoms with Crippen LogP contribution in [0.15, 0.2) is 0 Å². The van der Waals surface area contributed by atoms with Crippen molar-refractivity contribution in [2.24, 2.45) is 0 Å². The highest BCUT2D eigenvalue weighted by molar-refractivity contribution is 5.83. The maximum atomic E-state index is 11.0. The predicted molar refractivity (Wildman–Crippen MR) is 42.8 cm³/mol. The molecule has 6 nitrogen and oxygen atoms in total. The zero-order valence-electron chi connectivity index (χ0n) is 7.57. The number of ether oxygens (including phenoxy) is 1. The van der Waals surface area contributed by atoms with Gasteiger partial charge in [0.1, 0.15) is 6.04 Å². The van der Waals surface area contributed by atoms with Crippen LogP contribution in [0, 0.1) is 0 Å². The van der Waals surface area contributed by atoms with E-state index in [2.05, 4.69) is 14.9 Å². The van der Waals surface area contributed by atoms with E-state index in [4.69, 9.17) is 5.26 Å². The van der Waals surface area contributed by atoms with Gasteiger partial charge in [0.2, 0.25) is 5.91 Å². The van der Waals surface area contributed by atoms with Crippen molar-refractivity contribution in [1.29, 1.82) is 0 Å². The Labute approximate surface area is 75.8 Å². The van der Waals surface area contributed by atoms with E-state index in [0.29, 0.717) is 0 Å². The lowest BCUT2D eigenvalue weighted by molar-refractivity contribution is -0.243. The molecule has 13 heavy (non-hydrogen) atoms. The van der Waals surface area contributed by atoms with Gasteiger partial charge in [0.15, 0.2) is 0 Å². The minimum Gasteiger partial charge on any atom is -0.467 e. The number of esters is 1. The molecule has 0 spiro atoms. The fourth-order valence-electron chi connectivity index (χ4n) is 0.807. The molecular formula is C7H13NO5. The summed E-state index contributed by atoms with van der Waals surface area (Å²) in [6, 6.07) is -0.769. The third-order valence-corrected chi connectivity index (χ3v) is 1.36. The molecule has 0 saturated carbocycles. The molecule has 0 aliphatic carbocycles. The third kappa shape index (κ3) is 5.15. The average Bonchev–Trinajstić information content (AvgIpc) is 2.10. The van der Waals surface area contributed by atoms with Gasteiger partial charge < -0.3 is 10.1 Å². The monoisotopic (exact) mass is 191 g/mol. The zero-order valence-corrected chi connectivity index (χ0v) is 7.57. The first-order chi connectivity index (χ1) is 6.11. The highest BCUT2D eigenvalue weighted by atomic mass is 17.1. The molecule has 0 aromatic carbocycles. The molecule has 0 saturated heterocycles. The first kappa shape index (κ1) is 11.9. The van der Waals surface area contributed by atoms with Gasteiger partial charge >= 0.3 is 5.97 Å². The lowest BCUT2D eigenvalue weighted by Crippen LogP contribution is -2.41. The van der Waals surface area contributed by atoms with Crippen molar-refractivity contribution >= 4 is 11.9 Å². The largest absolute Gasteiger partial charge is 0.467 e. The molecule has 76 valence electrons. The quantitative estimate of drug-likeness (QED) is 0.349. The van der Waals surface area contributed by atoms with Crippen molar-refractivity contribution in [2.45, 2.75) is 19.4 Å². The standard InChI is InChI=1S/C7H13NO5/c1-5(9)8-6(3-4-13-11)7(10)12-2/h6,11H,3-4H2,1-2H3,(H,8,9). The Morgan fingerprint density at radius 3 is 2.54 bits per heavy atom. The predicted octanol–water partition coefficient (Wildman–Crippen LogP) is -0.456. The number of rotatable bonds is 5. The van der Waals surface area contributed by atoms with Gasteiger partial charge in [-0.15, -0.1) is 0 Å². The van der Waals surface area contributed by atoms with Gasteiger partial charge in [-0.3, -0.25) is 10.1 Å². The van der Waals surface area contributed by atoms with Crippen LogP contribution in [0.25, 0.3) is 0 Å². The summed E-state index contributed by atoms with van der Waals surface area (Å²) in [5.41, 5.74) is 0. The number of methoxy groups -OCH3 is 1. The summed E-state index contributed by atoms with van der Waals surface area (Å²) in [5, 5.41) is 10.4. The number of carbonyl (C=O) groups excluding carboxylic acids is 2. The van der Waals surface area contributed by atoms with E-state index in [1.807, 2.05) is 0 Å². The Bertz CT molecular complexity index is 182. The smallest absolute Gasteiger partial charge is 0.328 e. The molecule has 2 N–H and O–H groups in total. The normalized spacial score (nSPS) is 11.9. The highest BCUT2D eigenvalue weighted by Gasteiger charge is 2.19. The SMILES string of the molecule is COC(=O)C(CCOO)NC(C)=O. The molecule has 6 heteroatoms. The van der Waals surface area contributed by atoms with E-state index in [-0.39, 0.29) is 18.9 Å². The Balaban J connectivity index is 4.02. The summed E-state index contributed by atoms with van der Waals surface area (Å²) in [7, 11) is 1.22. The number of hydrogen-bond donors (Lipinski definition) is 2. The topological polar surface area (TPSA) is 84.9 Å². The number of nitrogens with one attached hydrogen (secondary N) is 1. The first-order valence-corrected chi connectivity index (χ1v) is 3.73. The summed E-state index contributed by atoms with van der Waals surface area (Å²) in [6.07, 6.45) is 0.169. The van der Waals surface area contributed by atoms with E-state index in [0.717, 1.165) is 0 Å². The van der Waals surface area contributed by atoms with Crippen molar-refractivity contribution in [3.8, 4) is 0 Å². The van der Waals surface area contributed by atoms with Crippen LogP contribution in [-0.2, 0) is 19.2 Å². The van der Waals surface area contributed by atoms with Gasteiger partial charge in [-0.05, 0) is 0 Å². The molecule has 0 bridgehead atoms. The summed E-state index contributed by atoms with van der Waals surface area (Å²) in [4.78, 5) is 25.4. The molecular weight excluding hydrogens is 178 g/mol. The molecule has 0 aromatic rings. The molecule has 0 aliphatic heterocycles. The van der Waals surface area contributed by atoms with E-state index in [1.165, 1.54) is 14.0 Å². The van der Waals surface area contributed by atoms with Gasteiger partial charge in [0.05, 0.1) is 13.7 Å². The van der Waals surface area contributed by atoms with Gasteiger partial charge in [-0.2, -0.15) is 0 Å². The molecule has 0 aliphatic rings. The average molecular weight is 191 g/mol. The molecule has 0 radical (unpaired) electrons. The van der Waals surface area contributed by atoms with Crippen LogP contribution in [0.4, 0.5) is 0 Å². The second-order valence-electron chi connectivity index (χ2n) is 2.40. The van der Waals surface area contributed by atoms with Crippen molar-refractivity contribution < 1.29 is 24.5 Å². The minimum absolute atomic E-state index is 0.0416. The Morgan fingerprint density at radius 2 is 2.15 bits per heavy atom. The molecule has 1 unspecified atom stereocenters. The van der Waals surface area contributed by atoms with Crippen LogP contribution in [0.5, 0.6) is 0 Å². The molecule has 0 rings (SSSR count). The lowest BCUT2D eigenvalue weighted by atomic mass is 10.2. The molecule has 1 atom stereocenters. The third-order valence-electron chi connectivity index (χ3n) is 1.36. The van der Waals surface area contributed by atoms with Crippen molar-refractivity contribution in [3.05, 3.63) is 0 Å². The summed E-state index contributed by atoms with van der Waals surface area (Å²) >= 11 is 0. The first-order valence-electron chi connectivity index (χ1n) is 3.73. The van der Waals surface area contributed by atoms with Crippen molar-refractivity contribution in [2.75, 3.05) is 13.7 Å². The summed E-state index contributed by atoms with van der Waals surface area (Å²) in [5.74, 6) is -0.902. The number of amides is 1. The van der Waals surface area contributed by atoms with E-state index in [9.17, 15) is 9.59 Å². The van der Waals surface area contributed by atoms with E-state index >= 15 is 0 Å². The Morgan fingerprint density at radius 1 is 1.54 bits per heavy atom. The fourth-order valence-corrected chi connectivity index (χ4v) is 0.807. The fraction of sp³-hybridized carbons (Fsp3) is 0.714. The van der Waals surface area contributed by atoms with Gasteiger partial charge in [0.25, 0.3) is 0 Å². The van der Waals surface area contributed by atoms with E-state index in [1.54, 1.807) is 0 Å². The van der Waals surface area contributed by atoms with Gasteiger partial charge in [-0.1, -0.05) is 0 Å². The van der Waals surface area contributed by atoms with Crippen LogP contribution in [0.3, 0.4) is 0 Å². The van der Waals surface area contributed by atoms with Gasteiger partial charge in [-0.25, -0.2) is 9.68 Å². The number of hydrogen-bond acceptors (Lipinski definition) is 5. The minimum atomic E-state index is -0.769. The Kier molecular flexibility index (Phi) is 5.82. The van der Waals surface area contributed by atoms with Crippen LogP contribution in [-0.4, -0.2) is 36.9 Å². The second kappa shape index (κ2) is 6.38. The van der Waals surface area contributed by atoms with Gasteiger partial charge in [0, 0.05) is 13.3 Å². The van der Waals surface area contributed by atoms with E-state index < -0.39 is 12.0 Å². The van der Waals surface area contributed by atoms with Crippen LogP contribution < -0.4 is 5.32 Å². The Hall–Kier alpha value is -1.14. The lowest BCUT2D eigenvalue weighted by Gasteiger charge is -2.13. The van der Waals surface area contributed by atoms with Crippen LogP contribution >= 0.6 is 0 Å². The molecule has 0 heterocycles. The molecule has 0 aromatic heterocycles. The maximum Gasteiger partial charge on any atom is 0.328 e. The van der Waals surface area contributed by atoms with Crippen molar-refractivity contribution in [3.63, 3.8) is 0 Å². The molecule has 0 fully saturated rings. The maximum absolute atomic E-state index is 11.0. The van der Waals surface area contributed by atoms with Crippen LogP contribution in [0.1, 0.15) is 13.3 Å².